The quantitative estimate of drug-likeness (QED) is 0.494. The second-order valence-corrected chi connectivity index (χ2v) is 7.35. The highest BCUT2D eigenvalue weighted by Gasteiger charge is 2.18. The van der Waals surface area contributed by atoms with Gasteiger partial charge in [0.15, 0.2) is 0 Å². The maximum Gasteiger partial charge on any atom is 0.308 e. The number of halogens is 1. The molecule has 0 fully saturated rings. The number of aliphatic hydroxyl groups is 2. The van der Waals surface area contributed by atoms with E-state index in [1.807, 2.05) is 37.3 Å². The third kappa shape index (κ3) is 5.40. The Morgan fingerprint density at radius 3 is 2.52 bits per heavy atom. The number of para-hydroxylation sites is 1. The van der Waals surface area contributed by atoms with Gasteiger partial charge in [0, 0.05) is 35.1 Å². The van der Waals surface area contributed by atoms with Crippen molar-refractivity contribution >= 4 is 22.9 Å². The van der Waals surface area contributed by atoms with Crippen molar-refractivity contribution in [1.82, 2.24) is 4.57 Å². The fourth-order valence-corrected chi connectivity index (χ4v) is 3.81. The van der Waals surface area contributed by atoms with Gasteiger partial charge in [-0.05, 0) is 43.7 Å². The van der Waals surface area contributed by atoms with E-state index in [1.54, 1.807) is 25.1 Å². The monoisotopic (exact) mass is 425 g/mol. The SMILES string of the molecule is CCOC(=O)CC(O)CC(O)/C=C/c1c(-c2ccc(F)cc2)c2ccccc2n1CC. The Bertz CT molecular complexity index is 1060. The summed E-state index contributed by atoms with van der Waals surface area (Å²) >= 11 is 0. The van der Waals surface area contributed by atoms with Crippen LogP contribution in [-0.4, -0.2) is 39.6 Å². The molecule has 31 heavy (non-hydrogen) atoms. The summed E-state index contributed by atoms with van der Waals surface area (Å²) in [6, 6.07) is 14.3. The van der Waals surface area contributed by atoms with Crippen molar-refractivity contribution < 1.29 is 24.1 Å². The molecule has 0 amide bonds. The van der Waals surface area contributed by atoms with Gasteiger partial charge in [0.25, 0.3) is 0 Å². The molecule has 0 saturated carbocycles. The molecule has 3 aromatic rings. The van der Waals surface area contributed by atoms with Gasteiger partial charge in [-0.2, -0.15) is 0 Å². The van der Waals surface area contributed by atoms with Gasteiger partial charge in [-0.1, -0.05) is 36.4 Å². The fraction of sp³-hybridized carbons (Fsp3) is 0.320. The first-order valence-corrected chi connectivity index (χ1v) is 10.5. The molecule has 5 nitrogen and oxygen atoms in total. The summed E-state index contributed by atoms with van der Waals surface area (Å²) in [7, 11) is 0. The smallest absolute Gasteiger partial charge is 0.308 e. The molecule has 2 aromatic carbocycles. The Morgan fingerprint density at radius 2 is 1.84 bits per heavy atom. The highest BCUT2D eigenvalue weighted by atomic mass is 19.1. The van der Waals surface area contributed by atoms with Crippen molar-refractivity contribution in [2.24, 2.45) is 0 Å². The molecular weight excluding hydrogens is 397 g/mol. The highest BCUT2D eigenvalue weighted by molar-refractivity contribution is 6.00. The molecular formula is C25H28FNO4. The molecule has 0 saturated heterocycles. The number of ether oxygens (including phenoxy) is 1. The van der Waals surface area contributed by atoms with Crippen LogP contribution in [0.25, 0.3) is 28.1 Å². The van der Waals surface area contributed by atoms with E-state index in [1.165, 1.54) is 12.1 Å². The van der Waals surface area contributed by atoms with Gasteiger partial charge in [-0.25, -0.2) is 4.39 Å². The van der Waals surface area contributed by atoms with E-state index in [0.717, 1.165) is 27.7 Å². The number of aromatic nitrogens is 1. The number of esters is 1. The molecule has 0 spiro atoms. The number of hydrogen-bond donors (Lipinski definition) is 2. The number of rotatable bonds is 9. The Kier molecular flexibility index (Phi) is 7.60. The summed E-state index contributed by atoms with van der Waals surface area (Å²) in [6.45, 7) is 4.70. The van der Waals surface area contributed by atoms with Gasteiger partial charge in [0.1, 0.15) is 5.82 Å². The van der Waals surface area contributed by atoms with Crippen LogP contribution in [0.5, 0.6) is 0 Å². The van der Waals surface area contributed by atoms with Crippen LogP contribution >= 0.6 is 0 Å². The summed E-state index contributed by atoms with van der Waals surface area (Å²) in [5, 5.41) is 21.5. The molecule has 1 aromatic heterocycles. The largest absolute Gasteiger partial charge is 0.466 e. The minimum Gasteiger partial charge on any atom is -0.466 e. The van der Waals surface area contributed by atoms with Crippen LogP contribution in [0.2, 0.25) is 0 Å². The van der Waals surface area contributed by atoms with Crippen molar-refractivity contribution in [2.45, 2.75) is 45.4 Å². The van der Waals surface area contributed by atoms with Gasteiger partial charge in [0.2, 0.25) is 0 Å². The van der Waals surface area contributed by atoms with Gasteiger partial charge in [-0.15, -0.1) is 0 Å². The third-order valence-electron chi connectivity index (χ3n) is 5.16. The van der Waals surface area contributed by atoms with Crippen molar-refractivity contribution in [1.29, 1.82) is 0 Å². The highest BCUT2D eigenvalue weighted by Crippen LogP contribution is 2.36. The molecule has 3 rings (SSSR count). The van der Waals surface area contributed by atoms with Crippen LogP contribution in [0.15, 0.2) is 54.6 Å². The first-order chi connectivity index (χ1) is 14.9. The Labute approximate surface area is 181 Å². The summed E-state index contributed by atoms with van der Waals surface area (Å²) in [5.74, 6) is -0.790. The van der Waals surface area contributed by atoms with Crippen LogP contribution in [0.3, 0.4) is 0 Å². The molecule has 0 aliphatic rings. The fourth-order valence-electron chi connectivity index (χ4n) is 3.81. The molecule has 2 N–H and O–H groups in total. The van der Waals surface area contributed by atoms with E-state index in [4.69, 9.17) is 4.74 Å². The zero-order valence-electron chi connectivity index (χ0n) is 17.8. The number of benzene rings is 2. The molecule has 2 atom stereocenters. The van der Waals surface area contributed by atoms with E-state index >= 15 is 0 Å². The average Bonchev–Trinajstić information content (AvgIpc) is 3.06. The first-order valence-electron chi connectivity index (χ1n) is 10.5. The van der Waals surface area contributed by atoms with E-state index in [2.05, 4.69) is 4.57 Å². The van der Waals surface area contributed by atoms with Gasteiger partial charge < -0.3 is 19.5 Å². The van der Waals surface area contributed by atoms with Crippen molar-refractivity contribution in [3.05, 3.63) is 66.1 Å². The number of hydrogen-bond acceptors (Lipinski definition) is 4. The molecule has 1 heterocycles. The lowest BCUT2D eigenvalue weighted by Crippen LogP contribution is -2.20. The van der Waals surface area contributed by atoms with Gasteiger partial charge >= 0.3 is 5.97 Å². The number of carbonyl (C=O) groups excluding carboxylic acids is 1. The normalized spacial score (nSPS) is 13.6. The molecule has 0 bridgehead atoms. The Morgan fingerprint density at radius 1 is 1.13 bits per heavy atom. The van der Waals surface area contributed by atoms with Crippen LogP contribution in [0, 0.1) is 5.82 Å². The van der Waals surface area contributed by atoms with Crippen LogP contribution < -0.4 is 0 Å². The number of aliphatic hydroxyl groups excluding tert-OH is 2. The second-order valence-electron chi connectivity index (χ2n) is 7.35. The molecule has 164 valence electrons. The summed E-state index contributed by atoms with van der Waals surface area (Å²) < 4.78 is 20.5. The Balaban J connectivity index is 1.93. The zero-order chi connectivity index (χ0) is 22.4. The number of aryl methyl sites for hydroxylation is 1. The second kappa shape index (κ2) is 10.4. The Hall–Kier alpha value is -2.96. The summed E-state index contributed by atoms with van der Waals surface area (Å²) in [6.07, 6.45) is 1.37. The van der Waals surface area contributed by atoms with Crippen molar-refractivity contribution in [2.75, 3.05) is 6.61 Å². The number of fused-ring (bicyclic) bond motifs is 1. The molecule has 0 aliphatic heterocycles. The molecule has 0 aliphatic carbocycles. The first kappa shape index (κ1) is 22.7. The van der Waals surface area contributed by atoms with Gasteiger partial charge in [0.05, 0.1) is 25.2 Å². The molecule has 6 heteroatoms. The predicted octanol–water partition coefficient (Wildman–Crippen LogP) is 4.55. The van der Waals surface area contributed by atoms with E-state index in [9.17, 15) is 19.4 Å². The minimum absolute atomic E-state index is 0.0214. The zero-order valence-corrected chi connectivity index (χ0v) is 17.8. The van der Waals surface area contributed by atoms with Crippen LogP contribution in [0.4, 0.5) is 4.39 Å². The minimum atomic E-state index is -0.993. The molecule has 2 unspecified atom stereocenters. The van der Waals surface area contributed by atoms with Crippen molar-refractivity contribution in [3.8, 4) is 11.1 Å². The lowest BCUT2D eigenvalue weighted by molar-refractivity contribution is -0.145. The van der Waals surface area contributed by atoms with Gasteiger partial charge in [-0.3, -0.25) is 4.79 Å². The van der Waals surface area contributed by atoms with Crippen LogP contribution in [0.1, 0.15) is 32.4 Å². The van der Waals surface area contributed by atoms with Crippen molar-refractivity contribution in [3.63, 3.8) is 0 Å². The lowest BCUT2D eigenvalue weighted by Gasteiger charge is -2.13. The number of carbonyl (C=O) groups is 1. The van der Waals surface area contributed by atoms with Crippen LogP contribution in [-0.2, 0) is 16.1 Å². The predicted molar refractivity (Wildman–Crippen MR) is 120 cm³/mol. The average molecular weight is 426 g/mol. The van der Waals surface area contributed by atoms with E-state index < -0.39 is 18.2 Å². The maximum absolute atomic E-state index is 13.5. The molecule has 0 radical (unpaired) electrons. The maximum atomic E-state index is 13.5. The lowest BCUT2D eigenvalue weighted by atomic mass is 10.0. The third-order valence-corrected chi connectivity index (χ3v) is 5.16. The number of nitrogens with zero attached hydrogens (tertiary/aromatic N) is 1. The van der Waals surface area contributed by atoms with E-state index in [-0.39, 0.29) is 25.3 Å². The summed E-state index contributed by atoms with van der Waals surface area (Å²) in [5.41, 5.74) is 3.75. The summed E-state index contributed by atoms with van der Waals surface area (Å²) in [4.78, 5) is 11.5. The standard InChI is InChI=1S/C25H28FNO4/c1-3-27-22-8-6-5-7-21(22)25(17-9-11-18(26)12-10-17)23(27)14-13-19(28)15-20(29)16-24(30)31-4-2/h5-14,19-20,28-29H,3-4,15-16H2,1-2H3/b14-13+. The topological polar surface area (TPSA) is 71.7 Å². The van der Waals surface area contributed by atoms with E-state index in [0.29, 0.717) is 6.54 Å².